The summed E-state index contributed by atoms with van der Waals surface area (Å²) in [5, 5.41) is 8.09. The summed E-state index contributed by atoms with van der Waals surface area (Å²) < 4.78 is 1.74. The molecule has 1 aliphatic rings. The summed E-state index contributed by atoms with van der Waals surface area (Å²) in [4.78, 5) is 0. The predicted octanol–water partition coefficient (Wildman–Crippen LogP) is 1.51. The van der Waals surface area contributed by atoms with Gasteiger partial charge >= 0.3 is 0 Å². The van der Waals surface area contributed by atoms with Crippen molar-refractivity contribution in [3.8, 4) is 0 Å². The molecule has 0 aliphatic heterocycles. The van der Waals surface area contributed by atoms with Crippen LogP contribution in [0.1, 0.15) is 38.8 Å². The van der Waals surface area contributed by atoms with Gasteiger partial charge in [-0.05, 0) is 31.1 Å². The van der Waals surface area contributed by atoms with Crippen LogP contribution < -0.4 is 5.73 Å². The van der Waals surface area contributed by atoms with Crippen LogP contribution in [0.2, 0.25) is 0 Å². The second kappa shape index (κ2) is 4.17. The van der Waals surface area contributed by atoms with Crippen LogP contribution in [0.5, 0.6) is 0 Å². The molecule has 1 saturated carbocycles. The summed E-state index contributed by atoms with van der Waals surface area (Å²) in [6.07, 6.45) is 6.27. The third-order valence-corrected chi connectivity index (χ3v) is 3.98. The molecular weight excluding hydrogens is 200 g/mol. The first kappa shape index (κ1) is 11.6. The van der Waals surface area contributed by atoms with Crippen LogP contribution in [-0.4, -0.2) is 20.5 Å². The Morgan fingerprint density at radius 1 is 1.50 bits per heavy atom. The van der Waals surface area contributed by atoms with E-state index in [-0.39, 0.29) is 5.54 Å². The fourth-order valence-corrected chi connectivity index (χ4v) is 2.74. The lowest BCUT2D eigenvalue weighted by Gasteiger charge is -2.39. The Morgan fingerprint density at radius 3 is 2.81 bits per heavy atom. The lowest BCUT2D eigenvalue weighted by atomic mass is 9.70. The Bertz CT molecular complexity index is 360. The van der Waals surface area contributed by atoms with E-state index in [1.165, 1.54) is 6.42 Å². The van der Waals surface area contributed by atoms with Crippen molar-refractivity contribution >= 4 is 0 Å². The van der Waals surface area contributed by atoms with Crippen molar-refractivity contribution in [1.29, 1.82) is 0 Å². The van der Waals surface area contributed by atoms with Crippen molar-refractivity contribution < 1.29 is 0 Å². The van der Waals surface area contributed by atoms with E-state index in [9.17, 15) is 0 Å². The molecular formula is C12H22N4. The highest BCUT2D eigenvalue weighted by atomic mass is 15.4. The monoisotopic (exact) mass is 222 g/mol. The molecule has 1 aromatic rings. The third kappa shape index (κ3) is 2.43. The third-order valence-electron chi connectivity index (χ3n) is 3.98. The van der Waals surface area contributed by atoms with Crippen LogP contribution in [0.4, 0.5) is 0 Å². The summed E-state index contributed by atoms with van der Waals surface area (Å²) in [6, 6.07) is 0. The highest BCUT2D eigenvalue weighted by molar-refractivity contribution is 5.04. The maximum absolute atomic E-state index is 6.48. The molecule has 2 rings (SSSR count). The van der Waals surface area contributed by atoms with Gasteiger partial charge in [0.1, 0.15) is 0 Å². The molecule has 0 radical (unpaired) electrons. The van der Waals surface area contributed by atoms with Gasteiger partial charge in [0.15, 0.2) is 0 Å². The largest absolute Gasteiger partial charge is 0.325 e. The maximum Gasteiger partial charge on any atom is 0.0845 e. The minimum atomic E-state index is -0.0675. The summed E-state index contributed by atoms with van der Waals surface area (Å²) in [5.41, 5.74) is 7.43. The lowest BCUT2D eigenvalue weighted by molar-refractivity contribution is 0.175. The Balaban J connectivity index is 2.03. The number of aromatic nitrogens is 3. The molecule has 1 aliphatic carbocycles. The van der Waals surface area contributed by atoms with Gasteiger partial charge in [0, 0.05) is 25.2 Å². The molecule has 0 bridgehead atoms. The second-order valence-corrected chi connectivity index (χ2v) is 5.62. The Labute approximate surface area is 97.2 Å². The van der Waals surface area contributed by atoms with Crippen molar-refractivity contribution in [1.82, 2.24) is 15.0 Å². The van der Waals surface area contributed by atoms with Gasteiger partial charge < -0.3 is 5.73 Å². The van der Waals surface area contributed by atoms with Crippen molar-refractivity contribution in [2.24, 2.45) is 24.6 Å². The van der Waals surface area contributed by atoms with Crippen molar-refractivity contribution in [2.75, 3.05) is 0 Å². The van der Waals surface area contributed by atoms with Gasteiger partial charge in [0.05, 0.1) is 5.69 Å². The molecule has 1 fully saturated rings. The quantitative estimate of drug-likeness (QED) is 0.825. The highest BCUT2D eigenvalue weighted by Gasteiger charge is 2.35. The van der Waals surface area contributed by atoms with Gasteiger partial charge in [-0.15, -0.1) is 5.10 Å². The Morgan fingerprint density at radius 2 is 2.25 bits per heavy atom. The second-order valence-electron chi connectivity index (χ2n) is 5.62. The zero-order valence-corrected chi connectivity index (χ0v) is 10.5. The average Bonchev–Trinajstić information content (AvgIpc) is 2.58. The van der Waals surface area contributed by atoms with Crippen LogP contribution in [0, 0.1) is 11.8 Å². The SMILES string of the molecule is CC1CCC(N)(Cc2cn(C)nn2)CC1C. The number of nitrogens with zero attached hydrogens (tertiary/aromatic N) is 3. The Kier molecular flexibility index (Phi) is 3.02. The molecule has 2 N–H and O–H groups in total. The van der Waals surface area contributed by atoms with E-state index in [1.807, 2.05) is 13.2 Å². The summed E-state index contributed by atoms with van der Waals surface area (Å²) >= 11 is 0. The van der Waals surface area contributed by atoms with Gasteiger partial charge in [-0.3, -0.25) is 4.68 Å². The minimum absolute atomic E-state index is 0.0675. The van der Waals surface area contributed by atoms with Crippen molar-refractivity contribution in [3.05, 3.63) is 11.9 Å². The lowest BCUT2D eigenvalue weighted by Crippen LogP contribution is -2.47. The van der Waals surface area contributed by atoms with Crippen LogP contribution in [0.3, 0.4) is 0 Å². The number of hydrogen-bond acceptors (Lipinski definition) is 3. The predicted molar refractivity (Wildman–Crippen MR) is 63.8 cm³/mol. The normalized spacial score (nSPS) is 35.2. The van der Waals surface area contributed by atoms with Crippen LogP contribution in [0.25, 0.3) is 0 Å². The molecule has 1 heterocycles. The first-order valence-electron chi connectivity index (χ1n) is 6.13. The molecule has 16 heavy (non-hydrogen) atoms. The Hall–Kier alpha value is -0.900. The fourth-order valence-electron chi connectivity index (χ4n) is 2.74. The van der Waals surface area contributed by atoms with E-state index < -0.39 is 0 Å². The molecule has 90 valence electrons. The van der Waals surface area contributed by atoms with Gasteiger partial charge in [-0.25, -0.2) is 0 Å². The van der Waals surface area contributed by atoms with Gasteiger partial charge in [0.25, 0.3) is 0 Å². The van der Waals surface area contributed by atoms with Gasteiger partial charge in [0.2, 0.25) is 0 Å². The first-order valence-corrected chi connectivity index (χ1v) is 6.13. The first-order chi connectivity index (χ1) is 7.48. The smallest absolute Gasteiger partial charge is 0.0845 e. The number of hydrogen-bond donors (Lipinski definition) is 1. The molecule has 3 atom stereocenters. The van der Waals surface area contributed by atoms with E-state index in [1.54, 1.807) is 4.68 Å². The van der Waals surface area contributed by atoms with Crippen LogP contribution in [-0.2, 0) is 13.5 Å². The highest BCUT2D eigenvalue weighted by Crippen LogP contribution is 2.36. The van der Waals surface area contributed by atoms with Crippen LogP contribution in [0.15, 0.2) is 6.20 Å². The van der Waals surface area contributed by atoms with Crippen LogP contribution >= 0.6 is 0 Å². The van der Waals surface area contributed by atoms with E-state index in [0.29, 0.717) is 0 Å². The minimum Gasteiger partial charge on any atom is -0.325 e. The number of nitrogens with two attached hydrogens (primary N) is 1. The van der Waals surface area contributed by atoms with Gasteiger partial charge in [-0.2, -0.15) is 0 Å². The summed E-state index contributed by atoms with van der Waals surface area (Å²) in [5.74, 6) is 1.52. The molecule has 1 aromatic heterocycles. The van der Waals surface area contributed by atoms with Gasteiger partial charge in [-0.1, -0.05) is 19.1 Å². The summed E-state index contributed by atoms with van der Waals surface area (Å²) in [6.45, 7) is 4.63. The van der Waals surface area contributed by atoms with E-state index >= 15 is 0 Å². The maximum atomic E-state index is 6.48. The summed E-state index contributed by atoms with van der Waals surface area (Å²) in [7, 11) is 1.89. The number of rotatable bonds is 2. The van der Waals surface area contributed by atoms with Crippen molar-refractivity contribution in [2.45, 2.75) is 45.1 Å². The molecule has 4 heteroatoms. The number of aryl methyl sites for hydroxylation is 1. The van der Waals surface area contributed by atoms with E-state index in [0.717, 1.165) is 36.8 Å². The topological polar surface area (TPSA) is 56.7 Å². The van der Waals surface area contributed by atoms with E-state index in [2.05, 4.69) is 24.2 Å². The molecule has 3 unspecified atom stereocenters. The zero-order valence-electron chi connectivity index (χ0n) is 10.5. The average molecular weight is 222 g/mol. The molecule has 0 saturated heterocycles. The van der Waals surface area contributed by atoms with Crippen molar-refractivity contribution in [3.63, 3.8) is 0 Å². The zero-order chi connectivity index (χ0) is 11.8. The van der Waals surface area contributed by atoms with E-state index in [4.69, 9.17) is 5.73 Å². The standard InChI is InChI=1S/C12H22N4/c1-9-4-5-12(13,6-10(9)2)7-11-8-16(3)15-14-11/h8-10H,4-7,13H2,1-3H3. The fraction of sp³-hybridized carbons (Fsp3) is 0.833. The molecule has 0 aromatic carbocycles. The molecule has 0 spiro atoms. The molecule has 4 nitrogen and oxygen atoms in total. The molecule has 0 amide bonds.